The Morgan fingerprint density at radius 2 is 1.92 bits per heavy atom. The van der Waals surface area contributed by atoms with Gasteiger partial charge in [0.05, 0.1) is 12.2 Å². The molecule has 7 heteroatoms. The third-order valence-electron chi connectivity index (χ3n) is 5.78. The van der Waals surface area contributed by atoms with E-state index >= 15 is 0 Å². The molecule has 0 bridgehead atoms. The van der Waals surface area contributed by atoms with Crippen molar-refractivity contribution in [2.24, 2.45) is 10.9 Å². The summed E-state index contributed by atoms with van der Waals surface area (Å²) in [5.41, 5.74) is -0.543. The van der Waals surface area contributed by atoms with Gasteiger partial charge in [0.15, 0.2) is 5.96 Å². The molecule has 0 spiro atoms. The van der Waals surface area contributed by atoms with E-state index in [0.29, 0.717) is 6.54 Å². The van der Waals surface area contributed by atoms with Crippen LogP contribution in [0.25, 0.3) is 0 Å². The van der Waals surface area contributed by atoms with Gasteiger partial charge in [-0.25, -0.2) is 0 Å². The van der Waals surface area contributed by atoms with Crippen molar-refractivity contribution in [1.29, 1.82) is 0 Å². The highest BCUT2D eigenvalue weighted by Crippen LogP contribution is 2.27. The standard InChI is InChI=1S/C18H34N4O2.HI/c1-19-17(20-15-18(23)6-3-2-4-7-18)22-10-8-21(9-11-22)13-16-5-12-24-14-16;/h16,23H,2-15H2,1H3,(H,19,20);1H. The van der Waals surface area contributed by atoms with E-state index in [1.54, 1.807) is 0 Å². The first-order chi connectivity index (χ1) is 11.7. The number of nitrogens with zero attached hydrogens (tertiary/aromatic N) is 3. The molecular weight excluding hydrogens is 431 g/mol. The van der Waals surface area contributed by atoms with Crippen LogP contribution < -0.4 is 5.32 Å². The number of hydrogen-bond donors (Lipinski definition) is 2. The van der Waals surface area contributed by atoms with Gasteiger partial charge in [0, 0.05) is 52.9 Å². The molecule has 0 radical (unpaired) electrons. The number of ether oxygens (including phenoxy) is 1. The molecular formula is C18H35IN4O2. The summed E-state index contributed by atoms with van der Waals surface area (Å²) >= 11 is 0. The number of guanidine groups is 1. The Bertz CT molecular complexity index is 415. The number of aliphatic hydroxyl groups is 1. The smallest absolute Gasteiger partial charge is 0.193 e. The maximum Gasteiger partial charge on any atom is 0.193 e. The lowest BCUT2D eigenvalue weighted by atomic mass is 9.85. The van der Waals surface area contributed by atoms with E-state index in [1.807, 2.05) is 7.05 Å². The highest BCUT2D eigenvalue weighted by atomic mass is 127. The molecule has 2 heterocycles. The number of rotatable bonds is 4. The van der Waals surface area contributed by atoms with Crippen LogP contribution in [0.4, 0.5) is 0 Å². The molecule has 2 aliphatic heterocycles. The van der Waals surface area contributed by atoms with Crippen molar-refractivity contribution in [3.05, 3.63) is 0 Å². The third kappa shape index (κ3) is 6.22. The molecule has 2 saturated heterocycles. The van der Waals surface area contributed by atoms with Gasteiger partial charge in [0.2, 0.25) is 0 Å². The number of aliphatic imine (C=N–C) groups is 1. The maximum absolute atomic E-state index is 10.7. The summed E-state index contributed by atoms with van der Waals surface area (Å²) in [5, 5.41) is 14.1. The Kier molecular flexibility index (Phi) is 8.71. The molecule has 146 valence electrons. The minimum atomic E-state index is -0.543. The number of piperazine rings is 1. The molecule has 0 aromatic heterocycles. The van der Waals surface area contributed by atoms with Crippen LogP contribution in [0.3, 0.4) is 0 Å². The summed E-state index contributed by atoms with van der Waals surface area (Å²) in [4.78, 5) is 9.32. The molecule has 1 unspecified atom stereocenters. The summed E-state index contributed by atoms with van der Waals surface area (Å²) in [6.07, 6.45) is 6.57. The van der Waals surface area contributed by atoms with Crippen molar-refractivity contribution in [3.8, 4) is 0 Å². The van der Waals surface area contributed by atoms with Crippen LogP contribution in [0.2, 0.25) is 0 Å². The molecule has 3 rings (SSSR count). The van der Waals surface area contributed by atoms with Crippen LogP contribution in [0.15, 0.2) is 4.99 Å². The minimum absolute atomic E-state index is 0. The zero-order valence-corrected chi connectivity index (χ0v) is 17.9. The second kappa shape index (κ2) is 10.3. The number of halogens is 1. The van der Waals surface area contributed by atoms with E-state index in [2.05, 4.69) is 20.1 Å². The van der Waals surface area contributed by atoms with E-state index in [1.165, 1.54) is 19.4 Å². The topological polar surface area (TPSA) is 60.3 Å². The maximum atomic E-state index is 10.7. The summed E-state index contributed by atoms with van der Waals surface area (Å²) < 4.78 is 5.48. The number of hydrogen-bond acceptors (Lipinski definition) is 4. The molecule has 1 aliphatic carbocycles. The third-order valence-corrected chi connectivity index (χ3v) is 5.78. The van der Waals surface area contributed by atoms with Gasteiger partial charge in [-0.15, -0.1) is 24.0 Å². The highest BCUT2D eigenvalue weighted by molar-refractivity contribution is 14.0. The fraction of sp³-hybridized carbons (Fsp3) is 0.944. The van der Waals surface area contributed by atoms with Crippen molar-refractivity contribution >= 4 is 29.9 Å². The summed E-state index contributed by atoms with van der Waals surface area (Å²) in [7, 11) is 1.84. The second-order valence-corrected chi connectivity index (χ2v) is 7.70. The minimum Gasteiger partial charge on any atom is -0.388 e. The predicted molar refractivity (Wildman–Crippen MR) is 112 cm³/mol. The molecule has 6 nitrogen and oxygen atoms in total. The van der Waals surface area contributed by atoms with Crippen molar-refractivity contribution < 1.29 is 9.84 Å². The predicted octanol–water partition coefficient (Wildman–Crippen LogP) is 1.53. The van der Waals surface area contributed by atoms with E-state index in [0.717, 1.165) is 77.0 Å². The van der Waals surface area contributed by atoms with Gasteiger partial charge in [-0.1, -0.05) is 19.3 Å². The largest absolute Gasteiger partial charge is 0.388 e. The average molecular weight is 466 g/mol. The summed E-state index contributed by atoms with van der Waals surface area (Å²) in [6.45, 7) is 7.84. The molecule has 1 atom stereocenters. The zero-order chi connectivity index (χ0) is 16.8. The molecule has 1 saturated carbocycles. The molecule has 25 heavy (non-hydrogen) atoms. The van der Waals surface area contributed by atoms with Crippen molar-refractivity contribution in [1.82, 2.24) is 15.1 Å². The Morgan fingerprint density at radius 1 is 1.20 bits per heavy atom. The van der Waals surface area contributed by atoms with E-state index in [9.17, 15) is 5.11 Å². The van der Waals surface area contributed by atoms with Crippen molar-refractivity contribution in [3.63, 3.8) is 0 Å². The van der Waals surface area contributed by atoms with E-state index in [4.69, 9.17) is 4.74 Å². The summed E-state index contributed by atoms with van der Waals surface area (Å²) in [6, 6.07) is 0. The van der Waals surface area contributed by atoms with Gasteiger partial charge < -0.3 is 20.1 Å². The Labute approximate surface area is 169 Å². The molecule has 3 aliphatic rings. The first-order valence-electron chi connectivity index (χ1n) is 9.67. The Hall–Kier alpha value is -0.120. The van der Waals surface area contributed by atoms with Crippen LogP contribution in [-0.2, 0) is 4.74 Å². The molecule has 0 aromatic carbocycles. The molecule has 0 aromatic rings. The van der Waals surface area contributed by atoms with Crippen LogP contribution in [0.1, 0.15) is 38.5 Å². The van der Waals surface area contributed by atoms with Gasteiger partial charge in [-0.2, -0.15) is 0 Å². The van der Waals surface area contributed by atoms with Gasteiger partial charge in [0.1, 0.15) is 0 Å². The summed E-state index contributed by atoms with van der Waals surface area (Å²) in [5.74, 6) is 1.66. The average Bonchev–Trinajstić information content (AvgIpc) is 3.10. The molecule has 0 amide bonds. The normalized spacial score (nSPS) is 27.8. The fourth-order valence-corrected chi connectivity index (χ4v) is 4.20. The quantitative estimate of drug-likeness (QED) is 0.374. The Balaban J connectivity index is 0.00000225. The van der Waals surface area contributed by atoms with Gasteiger partial charge >= 0.3 is 0 Å². The van der Waals surface area contributed by atoms with Crippen molar-refractivity contribution in [2.75, 3.05) is 59.5 Å². The first kappa shape index (κ1) is 21.2. The monoisotopic (exact) mass is 466 g/mol. The van der Waals surface area contributed by atoms with Crippen LogP contribution >= 0.6 is 24.0 Å². The fourth-order valence-electron chi connectivity index (χ4n) is 4.20. The lowest BCUT2D eigenvalue weighted by Gasteiger charge is -2.39. The Morgan fingerprint density at radius 3 is 2.52 bits per heavy atom. The lowest BCUT2D eigenvalue weighted by Crippen LogP contribution is -2.55. The second-order valence-electron chi connectivity index (χ2n) is 7.70. The van der Waals surface area contributed by atoms with E-state index in [-0.39, 0.29) is 24.0 Å². The van der Waals surface area contributed by atoms with E-state index < -0.39 is 5.60 Å². The molecule has 3 fully saturated rings. The van der Waals surface area contributed by atoms with Crippen LogP contribution in [-0.4, -0.2) is 86.0 Å². The number of nitrogens with one attached hydrogen (secondary N) is 1. The molecule has 2 N–H and O–H groups in total. The zero-order valence-electron chi connectivity index (χ0n) is 15.6. The lowest BCUT2D eigenvalue weighted by molar-refractivity contribution is 0.00789. The van der Waals surface area contributed by atoms with Gasteiger partial charge in [-0.3, -0.25) is 9.89 Å². The van der Waals surface area contributed by atoms with Crippen LogP contribution in [0.5, 0.6) is 0 Å². The highest BCUT2D eigenvalue weighted by Gasteiger charge is 2.30. The van der Waals surface area contributed by atoms with Gasteiger partial charge in [0.25, 0.3) is 0 Å². The first-order valence-corrected chi connectivity index (χ1v) is 9.67. The van der Waals surface area contributed by atoms with Crippen LogP contribution in [0, 0.1) is 5.92 Å². The van der Waals surface area contributed by atoms with Gasteiger partial charge in [-0.05, 0) is 25.2 Å². The SMILES string of the molecule is CN=C(NCC1(O)CCCCC1)N1CCN(CC2CCOC2)CC1.I. The van der Waals surface area contributed by atoms with Crippen molar-refractivity contribution in [2.45, 2.75) is 44.1 Å².